The fraction of sp³-hybridized carbons (Fsp3) is 0.231. The molecular formula is C13H11N3O3S. The Hall–Kier alpha value is -2.15. The van der Waals surface area contributed by atoms with Gasteiger partial charge in [-0.3, -0.25) is 24.3 Å². The lowest BCUT2D eigenvalue weighted by atomic mass is 10.1. The molecule has 0 bridgehead atoms. The molecule has 0 fully saturated rings. The minimum Gasteiger partial charge on any atom is -0.301 e. The van der Waals surface area contributed by atoms with Crippen LogP contribution in [0.3, 0.4) is 0 Å². The van der Waals surface area contributed by atoms with Crippen LogP contribution >= 0.6 is 11.8 Å². The first-order valence-corrected chi connectivity index (χ1v) is 7.01. The van der Waals surface area contributed by atoms with Gasteiger partial charge in [0.2, 0.25) is 0 Å². The van der Waals surface area contributed by atoms with Crippen molar-refractivity contribution >= 4 is 34.7 Å². The summed E-state index contributed by atoms with van der Waals surface area (Å²) in [5.74, 6) is -0.187. The second-order valence-corrected chi connectivity index (χ2v) is 5.50. The summed E-state index contributed by atoms with van der Waals surface area (Å²) in [6.07, 6.45) is 0. The van der Waals surface area contributed by atoms with E-state index in [1.807, 2.05) is 0 Å². The number of fused-ring (bicyclic) bond motifs is 1. The molecule has 0 radical (unpaired) electrons. The Bertz CT molecular complexity index is 669. The molecule has 0 saturated heterocycles. The Balaban J connectivity index is 1.88. The van der Waals surface area contributed by atoms with Crippen molar-refractivity contribution in [3.8, 4) is 0 Å². The largest absolute Gasteiger partial charge is 0.301 e. The Labute approximate surface area is 119 Å². The number of benzene rings is 1. The van der Waals surface area contributed by atoms with Crippen molar-refractivity contribution in [2.75, 3.05) is 19.3 Å². The lowest BCUT2D eigenvalue weighted by Gasteiger charge is -2.04. The zero-order chi connectivity index (χ0) is 14.3. The summed E-state index contributed by atoms with van der Waals surface area (Å²) >= 11 is 1.48. The molecule has 102 valence electrons. The highest BCUT2D eigenvalue weighted by Gasteiger charge is 2.33. The zero-order valence-electron chi connectivity index (χ0n) is 10.7. The molecule has 0 saturated carbocycles. The van der Waals surface area contributed by atoms with Crippen LogP contribution in [0.1, 0.15) is 31.1 Å². The first-order chi connectivity index (χ1) is 9.58. The van der Waals surface area contributed by atoms with Crippen LogP contribution in [0.15, 0.2) is 23.2 Å². The van der Waals surface area contributed by atoms with Gasteiger partial charge < -0.3 is 5.32 Å². The van der Waals surface area contributed by atoms with E-state index in [0.29, 0.717) is 22.8 Å². The molecule has 1 aromatic carbocycles. The van der Waals surface area contributed by atoms with Gasteiger partial charge in [0.05, 0.1) is 17.7 Å². The summed E-state index contributed by atoms with van der Waals surface area (Å²) in [7, 11) is 1.42. The molecule has 1 N–H and O–H groups in total. The van der Waals surface area contributed by atoms with E-state index in [4.69, 9.17) is 0 Å². The van der Waals surface area contributed by atoms with E-state index < -0.39 is 0 Å². The van der Waals surface area contributed by atoms with Crippen LogP contribution in [0.25, 0.3) is 0 Å². The normalized spacial score (nSPS) is 17.2. The molecular weight excluding hydrogens is 278 g/mol. The van der Waals surface area contributed by atoms with Crippen molar-refractivity contribution in [1.29, 1.82) is 0 Å². The van der Waals surface area contributed by atoms with E-state index in [1.54, 1.807) is 6.07 Å². The van der Waals surface area contributed by atoms with Crippen LogP contribution in [0.5, 0.6) is 0 Å². The predicted octanol–water partition coefficient (Wildman–Crippen LogP) is 0.745. The molecule has 0 aromatic heterocycles. The minimum absolute atomic E-state index is 0.270. The maximum Gasteiger partial charge on any atom is 0.261 e. The van der Waals surface area contributed by atoms with Gasteiger partial charge in [0.25, 0.3) is 17.7 Å². The van der Waals surface area contributed by atoms with Crippen LogP contribution in [0.4, 0.5) is 0 Å². The van der Waals surface area contributed by atoms with Crippen LogP contribution < -0.4 is 5.32 Å². The van der Waals surface area contributed by atoms with Crippen LogP contribution in [-0.4, -0.2) is 47.1 Å². The highest BCUT2D eigenvalue weighted by molar-refractivity contribution is 8.14. The van der Waals surface area contributed by atoms with Gasteiger partial charge in [-0.25, -0.2) is 0 Å². The van der Waals surface area contributed by atoms with Gasteiger partial charge in [-0.2, -0.15) is 0 Å². The number of thioether (sulfide) groups is 1. The molecule has 7 heteroatoms. The molecule has 2 aliphatic rings. The van der Waals surface area contributed by atoms with Crippen molar-refractivity contribution in [3.63, 3.8) is 0 Å². The molecule has 3 rings (SSSR count). The average Bonchev–Trinajstić information content (AvgIpc) is 3.03. The minimum atomic E-state index is -0.382. The standard InChI is InChI=1S/C13H11N3O3S/c1-16-11(18)8-3-2-7(6-9(8)12(16)19)10(17)15-13-14-4-5-20-13/h2-3,6H,4-5H2,1H3,(H,14,15,17). The molecule has 1 aromatic rings. The number of carbonyl (C=O) groups excluding carboxylic acids is 3. The fourth-order valence-electron chi connectivity index (χ4n) is 2.08. The molecule has 0 atom stereocenters. The van der Waals surface area contributed by atoms with Crippen molar-refractivity contribution in [2.45, 2.75) is 0 Å². The van der Waals surface area contributed by atoms with Crippen molar-refractivity contribution in [1.82, 2.24) is 10.2 Å². The van der Waals surface area contributed by atoms with Gasteiger partial charge in [-0.1, -0.05) is 11.8 Å². The summed E-state index contributed by atoms with van der Waals surface area (Å²) in [5.41, 5.74) is 0.947. The third-order valence-corrected chi connectivity index (χ3v) is 4.05. The molecule has 0 spiro atoms. The van der Waals surface area contributed by atoms with E-state index in [1.165, 1.54) is 30.9 Å². The first kappa shape index (κ1) is 12.9. The van der Waals surface area contributed by atoms with E-state index in [-0.39, 0.29) is 23.3 Å². The van der Waals surface area contributed by atoms with Gasteiger partial charge in [0.1, 0.15) is 0 Å². The number of hydrogen-bond acceptors (Lipinski definition) is 5. The van der Waals surface area contributed by atoms with Crippen molar-refractivity contribution in [3.05, 3.63) is 34.9 Å². The second-order valence-electron chi connectivity index (χ2n) is 4.42. The number of aliphatic imine (C=N–C) groups is 1. The summed E-state index contributed by atoms with van der Waals surface area (Å²) in [6, 6.07) is 4.50. The Morgan fingerprint density at radius 1 is 1.30 bits per heavy atom. The highest BCUT2D eigenvalue weighted by atomic mass is 32.2. The number of amidine groups is 1. The van der Waals surface area contributed by atoms with Gasteiger partial charge in [0.15, 0.2) is 5.17 Å². The second kappa shape index (κ2) is 4.75. The van der Waals surface area contributed by atoms with Gasteiger partial charge in [0, 0.05) is 18.4 Å². The fourth-order valence-corrected chi connectivity index (χ4v) is 2.81. The number of amides is 3. The first-order valence-electron chi connectivity index (χ1n) is 6.03. The number of carbonyl (C=O) groups is 3. The maximum atomic E-state index is 12.1. The summed E-state index contributed by atoms with van der Waals surface area (Å²) in [5, 5.41) is 3.28. The number of nitrogens with zero attached hydrogens (tertiary/aromatic N) is 2. The smallest absolute Gasteiger partial charge is 0.261 e. The third kappa shape index (κ3) is 2.00. The molecule has 6 nitrogen and oxygen atoms in total. The third-order valence-electron chi connectivity index (χ3n) is 3.16. The number of hydrogen-bond donors (Lipinski definition) is 1. The Kier molecular flexibility index (Phi) is 3.06. The zero-order valence-corrected chi connectivity index (χ0v) is 11.5. The topological polar surface area (TPSA) is 78.8 Å². The Morgan fingerprint density at radius 2 is 2.05 bits per heavy atom. The van der Waals surface area contributed by atoms with Gasteiger partial charge in [-0.05, 0) is 18.2 Å². The van der Waals surface area contributed by atoms with Crippen molar-refractivity contribution < 1.29 is 14.4 Å². The van der Waals surface area contributed by atoms with Gasteiger partial charge >= 0.3 is 0 Å². The van der Waals surface area contributed by atoms with E-state index in [0.717, 1.165) is 10.7 Å². The quantitative estimate of drug-likeness (QED) is 0.774. The van der Waals surface area contributed by atoms with Crippen LogP contribution in [0, 0.1) is 0 Å². The maximum absolute atomic E-state index is 12.1. The SMILES string of the molecule is CN1C(=O)c2ccc(C(=O)NC3=NCCS3)cc2C1=O. The molecule has 0 unspecified atom stereocenters. The predicted molar refractivity (Wildman–Crippen MR) is 75.1 cm³/mol. The molecule has 2 aliphatic heterocycles. The Morgan fingerprint density at radius 3 is 2.75 bits per heavy atom. The summed E-state index contributed by atoms with van der Waals surface area (Å²) in [4.78, 5) is 40.9. The van der Waals surface area contributed by atoms with E-state index in [2.05, 4.69) is 10.3 Å². The number of nitrogens with one attached hydrogen (secondary N) is 1. The number of rotatable bonds is 1. The lowest BCUT2D eigenvalue weighted by Crippen LogP contribution is -2.27. The van der Waals surface area contributed by atoms with Crippen LogP contribution in [-0.2, 0) is 0 Å². The van der Waals surface area contributed by atoms with E-state index >= 15 is 0 Å². The van der Waals surface area contributed by atoms with E-state index in [9.17, 15) is 14.4 Å². The molecule has 20 heavy (non-hydrogen) atoms. The summed E-state index contributed by atoms with van der Waals surface area (Å²) in [6.45, 7) is 0.697. The van der Waals surface area contributed by atoms with Gasteiger partial charge in [-0.15, -0.1) is 0 Å². The van der Waals surface area contributed by atoms with Crippen LogP contribution in [0.2, 0.25) is 0 Å². The average molecular weight is 289 g/mol. The molecule has 3 amide bonds. The lowest BCUT2D eigenvalue weighted by molar-refractivity contribution is 0.0693. The monoisotopic (exact) mass is 289 g/mol. The van der Waals surface area contributed by atoms with Crippen molar-refractivity contribution in [2.24, 2.45) is 4.99 Å². The summed E-state index contributed by atoms with van der Waals surface area (Å²) < 4.78 is 0. The number of imide groups is 1. The molecule has 0 aliphatic carbocycles. The molecule has 2 heterocycles. The highest BCUT2D eigenvalue weighted by Crippen LogP contribution is 2.22.